The molecular formula is C13H15N3O2S. The first-order valence-electron chi connectivity index (χ1n) is 6.18. The van der Waals surface area contributed by atoms with Crippen molar-refractivity contribution in [2.24, 2.45) is 0 Å². The molecule has 3 rings (SSSR count). The highest BCUT2D eigenvalue weighted by Crippen LogP contribution is 2.32. The molecule has 0 saturated carbocycles. The lowest BCUT2D eigenvalue weighted by atomic mass is 10.2. The van der Waals surface area contributed by atoms with Gasteiger partial charge in [0.2, 0.25) is 0 Å². The highest BCUT2D eigenvalue weighted by molar-refractivity contribution is 7.92. The van der Waals surface area contributed by atoms with Crippen molar-refractivity contribution in [1.29, 1.82) is 0 Å². The van der Waals surface area contributed by atoms with Crippen LogP contribution in [0, 0.1) is 0 Å². The van der Waals surface area contributed by atoms with Crippen LogP contribution in [0.1, 0.15) is 6.42 Å². The third-order valence-corrected chi connectivity index (χ3v) is 4.99. The fraction of sp³-hybridized carbons (Fsp3) is 0.231. The molecule has 1 aromatic heterocycles. The molecule has 0 bridgehead atoms. The molecule has 0 fully saturated rings. The number of H-pyrrole nitrogens is 1. The number of nitrogens with zero attached hydrogens (tertiary/aromatic N) is 1. The standard InChI is InChI=1S/C13H15N3O2S/c17-19(18,11-6-8-14-10-11)16-9-3-7-15-12-4-1-2-5-13(12)16/h1-2,4-6,8,10,14-15H,3,7,9H2. The monoisotopic (exact) mass is 277 g/mol. The second kappa shape index (κ2) is 4.62. The fourth-order valence-electron chi connectivity index (χ4n) is 2.25. The summed E-state index contributed by atoms with van der Waals surface area (Å²) in [5.41, 5.74) is 1.57. The van der Waals surface area contributed by atoms with Crippen LogP contribution in [0.3, 0.4) is 0 Å². The van der Waals surface area contributed by atoms with Crippen molar-refractivity contribution in [2.45, 2.75) is 11.3 Å². The SMILES string of the molecule is O=S(=O)(c1cc[nH]c1)N1CCCNc2ccccc21. The molecule has 0 unspecified atom stereocenters. The van der Waals surface area contributed by atoms with Gasteiger partial charge in [-0.05, 0) is 24.6 Å². The normalized spacial score (nSPS) is 15.5. The number of rotatable bonds is 2. The summed E-state index contributed by atoms with van der Waals surface area (Å²) < 4.78 is 26.8. The number of hydrogen-bond acceptors (Lipinski definition) is 3. The predicted octanol–water partition coefficient (Wildman–Crippen LogP) is 2.03. The summed E-state index contributed by atoms with van der Waals surface area (Å²) in [5, 5.41) is 3.26. The zero-order valence-electron chi connectivity index (χ0n) is 10.3. The van der Waals surface area contributed by atoms with Gasteiger partial charge < -0.3 is 10.3 Å². The van der Waals surface area contributed by atoms with Crippen LogP contribution in [0.4, 0.5) is 11.4 Å². The minimum absolute atomic E-state index is 0.296. The highest BCUT2D eigenvalue weighted by Gasteiger charge is 2.27. The lowest BCUT2D eigenvalue weighted by Crippen LogP contribution is -2.31. The third kappa shape index (κ3) is 2.08. The Kier molecular flexibility index (Phi) is 2.94. The van der Waals surface area contributed by atoms with Crippen LogP contribution < -0.4 is 9.62 Å². The highest BCUT2D eigenvalue weighted by atomic mass is 32.2. The van der Waals surface area contributed by atoms with Gasteiger partial charge in [-0.3, -0.25) is 4.31 Å². The van der Waals surface area contributed by atoms with Crippen molar-refractivity contribution in [1.82, 2.24) is 4.98 Å². The van der Waals surface area contributed by atoms with E-state index in [4.69, 9.17) is 0 Å². The lowest BCUT2D eigenvalue weighted by Gasteiger charge is -2.23. The van der Waals surface area contributed by atoms with E-state index in [1.165, 1.54) is 10.5 Å². The number of sulfonamides is 1. The van der Waals surface area contributed by atoms with Crippen LogP contribution in [0.15, 0.2) is 47.6 Å². The molecule has 0 amide bonds. The van der Waals surface area contributed by atoms with Crippen molar-refractivity contribution in [2.75, 3.05) is 22.7 Å². The van der Waals surface area contributed by atoms with Gasteiger partial charge in [-0.1, -0.05) is 12.1 Å². The molecule has 5 nitrogen and oxygen atoms in total. The average Bonchev–Trinajstić information content (AvgIpc) is 2.86. The van der Waals surface area contributed by atoms with Gasteiger partial charge in [0, 0.05) is 25.5 Å². The van der Waals surface area contributed by atoms with Crippen LogP contribution >= 0.6 is 0 Å². The summed E-state index contributed by atoms with van der Waals surface area (Å²) in [6, 6.07) is 9.07. The molecule has 0 aliphatic carbocycles. The molecule has 2 aromatic rings. The molecule has 2 N–H and O–H groups in total. The molecular weight excluding hydrogens is 262 g/mol. The number of aromatic nitrogens is 1. The second-order valence-corrected chi connectivity index (χ2v) is 6.28. The van der Waals surface area contributed by atoms with Gasteiger partial charge in [0.25, 0.3) is 10.0 Å². The van der Waals surface area contributed by atoms with Crippen molar-refractivity contribution in [3.05, 3.63) is 42.7 Å². The predicted molar refractivity (Wildman–Crippen MR) is 74.9 cm³/mol. The molecule has 2 heterocycles. The zero-order valence-corrected chi connectivity index (χ0v) is 11.2. The smallest absolute Gasteiger partial charge is 0.265 e. The van der Waals surface area contributed by atoms with E-state index < -0.39 is 10.0 Å². The maximum Gasteiger partial charge on any atom is 0.265 e. The molecule has 6 heteroatoms. The van der Waals surface area contributed by atoms with E-state index in [0.717, 1.165) is 18.7 Å². The molecule has 1 aromatic carbocycles. The fourth-order valence-corrected chi connectivity index (χ4v) is 3.75. The number of para-hydroxylation sites is 2. The number of anilines is 2. The van der Waals surface area contributed by atoms with E-state index in [1.807, 2.05) is 24.3 Å². The maximum absolute atomic E-state index is 12.6. The minimum atomic E-state index is -3.49. The van der Waals surface area contributed by atoms with Crippen LogP contribution in [-0.4, -0.2) is 26.5 Å². The van der Waals surface area contributed by atoms with Gasteiger partial charge in [0.15, 0.2) is 0 Å². The van der Waals surface area contributed by atoms with Crippen molar-refractivity contribution in [3.8, 4) is 0 Å². The molecule has 1 aliphatic rings. The van der Waals surface area contributed by atoms with E-state index in [9.17, 15) is 8.42 Å². The van der Waals surface area contributed by atoms with Gasteiger partial charge in [-0.2, -0.15) is 0 Å². The van der Waals surface area contributed by atoms with Gasteiger partial charge in [0.1, 0.15) is 4.90 Å². The summed E-state index contributed by atoms with van der Waals surface area (Å²) in [6.07, 6.45) is 3.91. The Hall–Kier alpha value is -1.95. The molecule has 0 saturated heterocycles. The third-order valence-electron chi connectivity index (χ3n) is 3.18. The Labute approximate surface area is 112 Å². The van der Waals surface area contributed by atoms with Crippen LogP contribution in [0.25, 0.3) is 0 Å². The first-order chi connectivity index (χ1) is 9.19. The Balaban J connectivity index is 2.10. The number of hydrogen-bond donors (Lipinski definition) is 2. The summed E-state index contributed by atoms with van der Waals surface area (Å²) in [5.74, 6) is 0. The first-order valence-corrected chi connectivity index (χ1v) is 7.62. The number of aromatic amines is 1. The zero-order chi connectivity index (χ0) is 13.3. The Morgan fingerprint density at radius 1 is 1.16 bits per heavy atom. The van der Waals surface area contributed by atoms with Crippen LogP contribution in [0.2, 0.25) is 0 Å². The molecule has 19 heavy (non-hydrogen) atoms. The van der Waals surface area contributed by atoms with E-state index in [1.54, 1.807) is 12.3 Å². The minimum Gasteiger partial charge on any atom is -0.383 e. The van der Waals surface area contributed by atoms with Crippen molar-refractivity contribution in [3.63, 3.8) is 0 Å². The largest absolute Gasteiger partial charge is 0.383 e. The number of nitrogens with one attached hydrogen (secondary N) is 2. The summed E-state index contributed by atoms with van der Waals surface area (Å²) in [4.78, 5) is 3.09. The van der Waals surface area contributed by atoms with Crippen molar-refractivity contribution >= 4 is 21.4 Å². The van der Waals surface area contributed by atoms with Gasteiger partial charge in [-0.15, -0.1) is 0 Å². The Morgan fingerprint density at radius 2 is 2.00 bits per heavy atom. The molecule has 100 valence electrons. The van der Waals surface area contributed by atoms with Crippen LogP contribution in [-0.2, 0) is 10.0 Å². The van der Waals surface area contributed by atoms with E-state index in [2.05, 4.69) is 10.3 Å². The van der Waals surface area contributed by atoms with E-state index >= 15 is 0 Å². The number of benzene rings is 1. The van der Waals surface area contributed by atoms with E-state index in [-0.39, 0.29) is 0 Å². The van der Waals surface area contributed by atoms with Gasteiger partial charge in [-0.25, -0.2) is 8.42 Å². The quantitative estimate of drug-likeness (QED) is 0.882. The second-order valence-electron chi connectivity index (χ2n) is 4.42. The topological polar surface area (TPSA) is 65.2 Å². The lowest BCUT2D eigenvalue weighted by molar-refractivity contribution is 0.590. The molecule has 0 atom stereocenters. The Bertz CT molecular complexity index is 665. The molecule has 0 radical (unpaired) electrons. The summed E-state index contributed by atoms with van der Waals surface area (Å²) in [7, 11) is -3.49. The Morgan fingerprint density at radius 3 is 2.79 bits per heavy atom. The van der Waals surface area contributed by atoms with Gasteiger partial charge >= 0.3 is 0 Å². The summed E-state index contributed by atoms with van der Waals surface area (Å²) >= 11 is 0. The average molecular weight is 277 g/mol. The van der Waals surface area contributed by atoms with Crippen molar-refractivity contribution < 1.29 is 8.42 Å². The maximum atomic E-state index is 12.6. The van der Waals surface area contributed by atoms with Gasteiger partial charge in [0.05, 0.1) is 11.4 Å². The molecule has 1 aliphatic heterocycles. The molecule has 0 spiro atoms. The number of fused-ring (bicyclic) bond motifs is 1. The van der Waals surface area contributed by atoms with E-state index in [0.29, 0.717) is 17.1 Å². The van der Waals surface area contributed by atoms with Crippen LogP contribution in [0.5, 0.6) is 0 Å². The first kappa shape index (κ1) is 12.1. The summed E-state index contributed by atoms with van der Waals surface area (Å²) in [6.45, 7) is 1.26.